The number of allylic oxidation sites excluding steroid dienone is 1. The first-order chi connectivity index (χ1) is 20.8. The molecule has 2 N–H and O–H groups in total. The highest BCUT2D eigenvalue weighted by Crippen LogP contribution is 2.40. The summed E-state index contributed by atoms with van der Waals surface area (Å²) in [5.74, 6) is 0.909. The molecule has 0 saturated heterocycles. The van der Waals surface area contributed by atoms with Crippen LogP contribution in [0.1, 0.15) is 43.7 Å². The summed E-state index contributed by atoms with van der Waals surface area (Å²) in [4.78, 5) is 30.1. The predicted octanol–water partition coefficient (Wildman–Crippen LogP) is 3.02. The Balaban J connectivity index is 2.09. The van der Waals surface area contributed by atoms with Gasteiger partial charge < -0.3 is 29.6 Å². The minimum atomic E-state index is -0.833. The number of fused-ring (bicyclic) bond motifs is 1. The molecule has 4 rings (SSSR count). The number of carbonyl (C=O) groups excluding carboxylic acids is 1. The molecule has 2 aromatic carbocycles. The highest BCUT2D eigenvalue weighted by molar-refractivity contribution is 7.07. The van der Waals surface area contributed by atoms with Gasteiger partial charge in [0.05, 0.1) is 56.1 Å². The van der Waals surface area contributed by atoms with Crippen molar-refractivity contribution in [3.05, 3.63) is 72.6 Å². The van der Waals surface area contributed by atoms with Gasteiger partial charge in [-0.1, -0.05) is 26.0 Å². The zero-order valence-corrected chi connectivity index (χ0v) is 26.0. The van der Waals surface area contributed by atoms with Gasteiger partial charge in [0.25, 0.3) is 11.5 Å². The molecule has 1 aliphatic rings. The summed E-state index contributed by atoms with van der Waals surface area (Å²) in [5.41, 5.74) is 7.89. The number of ether oxygens (including phenoxy) is 4. The topological polar surface area (TPSA) is 129 Å². The second-order valence-electron chi connectivity index (χ2n) is 9.83. The minimum absolute atomic E-state index is 0.0143. The molecule has 1 aromatic heterocycles. The molecule has 1 unspecified atom stereocenters. The Bertz CT molecular complexity index is 1780. The van der Waals surface area contributed by atoms with Crippen molar-refractivity contribution in [1.29, 1.82) is 5.26 Å². The number of benzene rings is 2. The van der Waals surface area contributed by atoms with Gasteiger partial charge >= 0.3 is 0 Å². The number of thiazole rings is 1. The molecule has 0 saturated carbocycles. The van der Waals surface area contributed by atoms with E-state index in [4.69, 9.17) is 24.7 Å². The molecule has 1 atom stereocenters. The Morgan fingerprint density at radius 2 is 1.56 bits per heavy atom. The highest BCUT2D eigenvalue weighted by atomic mass is 32.1. The smallest absolute Gasteiger partial charge is 0.274 e. The number of aromatic nitrogens is 1. The molecule has 1 amide bonds. The molecule has 0 spiro atoms. The summed E-state index contributed by atoms with van der Waals surface area (Å²) in [6.45, 7) is 5.05. The number of carbonyl (C=O) groups is 1. The zero-order valence-electron chi connectivity index (χ0n) is 25.2. The lowest BCUT2D eigenvalue weighted by molar-refractivity contribution is -0.125. The monoisotopic (exact) mass is 604 g/mol. The van der Waals surface area contributed by atoms with Crippen molar-refractivity contribution >= 4 is 34.7 Å². The predicted molar refractivity (Wildman–Crippen MR) is 167 cm³/mol. The first kappa shape index (κ1) is 31.3. The molecule has 43 heavy (non-hydrogen) atoms. The van der Waals surface area contributed by atoms with Crippen molar-refractivity contribution < 1.29 is 23.7 Å². The molecule has 11 heteroatoms. The number of nitrogens with zero attached hydrogens (tertiary/aromatic N) is 3. The van der Waals surface area contributed by atoms with E-state index >= 15 is 0 Å². The van der Waals surface area contributed by atoms with E-state index in [2.05, 4.69) is 6.07 Å². The summed E-state index contributed by atoms with van der Waals surface area (Å²) in [5, 5.41) is 10.4. The summed E-state index contributed by atoms with van der Waals surface area (Å²) in [6, 6.07) is 12.8. The molecular formula is C32H36N4O6S. The van der Waals surface area contributed by atoms with Crippen LogP contribution in [-0.4, -0.2) is 56.9 Å². The summed E-state index contributed by atoms with van der Waals surface area (Å²) in [6.07, 6.45) is 3.21. The van der Waals surface area contributed by atoms with Crippen LogP contribution in [0.25, 0.3) is 17.5 Å². The number of hydrogen-bond acceptors (Lipinski definition) is 9. The lowest BCUT2D eigenvalue weighted by atomic mass is 9.83. The van der Waals surface area contributed by atoms with Crippen molar-refractivity contribution in [1.82, 2.24) is 9.47 Å². The molecule has 0 radical (unpaired) electrons. The quantitative estimate of drug-likeness (QED) is 0.354. The Hall–Kier alpha value is -4.69. The normalized spacial score (nSPS) is 14.7. The van der Waals surface area contributed by atoms with E-state index in [1.807, 2.05) is 13.8 Å². The largest absolute Gasteiger partial charge is 0.493 e. The van der Waals surface area contributed by atoms with Gasteiger partial charge in [-0.05, 0) is 54.3 Å². The molecule has 2 heterocycles. The maximum atomic E-state index is 14.4. The molecule has 0 aliphatic carbocycles. The van der Waals surface area contributed by atoms with Crippen LogP contribution in [0.5, 0.6) is 23.0 Å². The number of nitrogens with two attached hydrogens (primary N) is 1. The van der Waals surface area contributed by atoms with Gasteiger partial charge in [-0.2, -0.15) is 5.26 Å². The zero-order chi connectivity index (χ0) is 31.3. The Labute approximate surface area is 254 Å². The Morgan fingerprint density at radius 1 is 0.977 bits per heavy atom. The van der Waals surface area contributed by atoms with E-state index in [1.54, 1.807) is 54.5 Å². The lowest BCUT2D eigenvalue weighted by Crippen LogP contribution is -2.43. The minimum Gasteiger partial charge on any atom is -0.493 e. The van der Waals surface area contributed by atoms with Crippen LogP contribution < -0.4 is 39.4 Å². The van der Waals surface area contributed by atoms with Crippen molar-refractivity contribution in [3.8, 4) is 29.1 Å². The summed E-state index contributed by atoms with van der Waals surface area (Å²) >= 11 is 1.16. The summed E-state index contributed by atoms with van der Waals surface area (Å²) in [7, 11) is 6.14. The third-order valence-electron chi connectivity index (χ3n) is 7.22. The van der Waals surface area contributed by atoms with Crippen LogP contribution in [0.4, 0.5) is 0 Å². The van der Waals surface area contributed by atoms with Crippen molar-refractivity contribution in [2.24, 2.45) is 5.73 Å². The Kier molecular flexibility index (Phi) is 9.83. The number of rotatable bonds is 11. The Morgan fingerprint density at radius 3 is 2.12 bits per heavy atom. The molecule has 226 valence electrons. The number of amides is 1. The second kappa shape index (κ2) is 13.5. The van der Waals surface area contributed by atoms with Crippen molar-refractivity contribution in [3.63, 3.8) is 0 Å². The molecule has 3 aromatic rings. The van der Waals surface area contributed by atoms with Gasteiger partial charge in [-0.3, -0.25) is 14.2 Å². The van der Waals surface area contributed by atoms with Crippen LogP contribution >= 0.6 is 11.3 Å². The third-order valence-corrected chi connectivity index (χ3v) is 8.33. The number of methoxy groups -OCH3 is 4. The molecular weight excluding hydrogens is 568 g/mol. The van der Waals surface area contributed by atoms with Gasteiger partial charge in [0.1, 0.15) is 10.5 Å². The van der Waals surface area contributed by atoms with Gasteiger partial charge in [-0.15, -0.1) is 11.3 Å². The van der Waals surface area contributed by atoms with E-state index < -0.39 is 11.5 Å². The van der Waals surface area contributed by atoms with Gasteiger partial charge in [-0.25, -0.2) is 0 Å². The average Bonchev–Trinajstić information content (AvgIpc) is 3.35. The van der Waals surface area contributed by atoms with E-state index in [9.17, 15) is 14.9 Å². The molecule has 0 bridgehead atoms. The van der Waals surface area contributed by atoms with Crippen LogP contribution in [0.15, 0.2) is 46.8 Å². The second-order valence-corrected chi connectivity index (χ2v) is 10.9. The molecule has 1 aliphatic heterocycles. The summed E-state index contributed by atoms with van der Waals surface area (Å²) < 4.78 is 23.7. The van der Waals surface area contributed by atoms with Crippen LogP contribution in [0.3, 0.4) is 0 Å². The fraction of sp³-hybridized carbons (Fsp3) is 0.344. The van der Waals surface area contributed by atoms with Gasteiger partial charge in [0.15, 0.2) is 23.0 Å². The molecule has 0 fully saturated rings. The fourth-order valence-electron chi connectivity index (χ4n) is 5.24. The maximum absolute atomic E-state index is 14.4. The van der Waals surface area contributed by atoms with Gasteiger partial charge in [0, 0.05) is 13.1 Å². The number of nitriles is 1. The maximum Gasteiger partial charge on any atom is 0.274 e. The van der Waals surface area contributed by atoms with Crippen molar-refractivity contribution in [2.75, 3.05) is 41.5 Å². The van der Waals surface area contributed by atoms with E-state index in [1.165, 1.54) is 25.9 Å². The van der Waals surface area contributed by atoms with E-state index in [-0.39, 0.29) is 17.3 Å². The highest BCUT2D eigenvalue weighted by Gasteiger charge is 2.37. The van der Waals surface area contributed by atoms with Crippen molar-refractivity contribution in [2.45, 2.75) is 32.6 Å². The van der Waals surface area contributed by atoms with Crippen LogP contribution in [0, 0.1) is 11.3 Å². The van der Waals surface area contributed by atoms with Crippen LogP contribution in [-0.2, 0) is 4.79 Å². The average molecular weight is 605 g/mol. The van der Waals surface area contributed by atoms with E-state index in [0.717, 1.165) is 24.2 Å². The van der Waals surface area contributed by atoms with Crippen LogP contribution in [0.2, 0.25) is 0 Å². The SMILES string of the molecule is CCCN(CCC)C(=O)C1=c2s/c(=C/c3ccc(OC)c(OC)c3)c(=O)n2C(N)=C(C#N)C1c1ccc(OC)c(OC)c1. The standard InChI is InChI=1S/C32H36N4O6S/c1-7-13-35(14-8-2)31(38)28-27(20-10-12-23(40-4)25(17-20)42-6)21(18-33)29(34)36-30(37)26(43-32(28)36)16-19-9-11-22(39-3)24(15-19)41-5/h9-12,15-17,27H,7-8,13-14,34H2,1-6H3/b26-16+. The lowest BCUT2D eigenvalue weighted by Gasteiger charge is -2.30. The van der Waals surface area contributed by atoms with Gasteiger partial charge in [0.2, 0.25) is 0 Å². The third kappa shape index (κ3) is 5.83. The first-order valence-corrected chi connectivity index (χ1v) is 14.7. The first-order valence-electron chi connectivity index (χ1n) is 13.9. The number of hydrogen-bond donors (Lipinski definition) is 1. The van der Waals surface area contributed by atoms with E-state index in [0.29, 0.717) is 62.0 Å². The fourth-order valence-corrected chi connectivity index (χ4v) is 6.41. The molecule has 10 nitrogen and oxygen atoms in total.